The summed E-state index contributed by atoms with van der Waals surface area (Å²) in [7, 11) is 0. The number of aromatic nitrogens is 1. The minimum atomic E-state index is -0.445. The maximum Gasteiger partial charge on any atom is 1.00 e. The molecule has 4 aromatic rings. The van der Waals surface area contributed by atoms with Gasteiger partial charge in [0.15, 0.2) is 0 Å². The second-order valence-corrected chi connectivity index (χ2v) is 9.81. The van der Waals surface area contributed by atoms with Crippen LogP contribution in [0.2, 0.25) is 0 Å². The summed E-state index contributed by atoms with van der Waals surface area (Å²) in [4.78, 5) is 17.3. The number of carbonyl (C=O) groups is 1. The summed E-state index contributed by atoms with van der Waals surface area (Å²) in [5.74, 6) is 1.10. The molecule has 0 N–H and O–H groups in total. The van der Waals surface area contributed by atoms with Gasteiger partial charge in [-0.15, -0.1) is 18.7 Å². The van der Waals surface area contributed by atoms with Crippen molar-refractivity contribution in [2.75, 3.05) is 13.1 Å². The molecule has 1 amide bonds. The molecule has 0 saturated carbocycles. The van der Waals surface area contributed by atoms with Crippen molar-refractivity contribution in [3.05, 3.63) is 128 Å². The van der Waals surface area contributed by atoms with Crippen molar-refractivity contribution in [3.8, 4) is 22.9 Å². The van der Waals surface area contributed by atoms with Gasteiger partial charge in [-0.25, -0.2) is 4.79 Å². The minimum absolute atomic E-state index is 0. The molecule has 0 radical (unpaired) electrons. The third-order valence-corrected chi connectivity index (χ3v) is 5.50. The molecule has 0 spiro atoms. The quantitative estimate of drug-likeness (QED) is 0.228. The smallest absolute Gasteiger partial charge is 0.473 e. The number of pyridine rings is 1. The average molecular weight is 545 g/mol. The van der Waals surface area contributed by atoms with Crippen LogP contribution in [0.15, 0.2) is 97.1 Å². The molecule has 0 fully saturated rings. The Hall–Kier alpha value is -3.72. The average Bonchev–Trinajstić information content (AvgIpc) is 2.97. The van der Waals surface area contributed by atoms with E-state index < -0.39 is 5.60 Å². The maximum atomic E-state index is 11.2. The normalized spacial score (nSPS) is 10.4. The molecule has 0 aliphatic rings. The molecular weight excluding hydrogens is 507 g/mol. The van der Waals surface area contributed by atoms with E-state index in [1.54, 1.807) is 0 Å². The van der Waals surface area contributed by atoms with Gasteiger partial charge in [-0.3, -0.25) is 0 Å². The summed E-state index contributed by atoms with van der Waals surface area (Å²) in [6.07, 6.45) is -0.354. The Bertz CT molecular complexity index is 1290. The van der Waals surface area contributed by atoms with Crippen molar-refractivity contribution >= 4 is 6.09 Å². The van der Waals surface area contributed by atoms with Crippen LogP contribution in [0, 0.1) is 19.9 Å². The topological polar surface area (TPSA) is 60.9 Å². The fourth-order valence-electron chi connectivity index (χ4n) is 3.48. The molecule has 7 heteroatoms. The van der Waals surface area contributed by atoms with E-state index in [4.69, 9.17) is 14.2 Å². The second-order valence-electron chi connectivity index (χ2n) is 9.81. The van der Waals surface area contributed by atoms with Crippen molar-refractivity contribution in [2.24, 2.45) is 0 Å². The molecule has 210 valence electrons. The van der Waals surface area contributed by atoms with Gasteiger partial charge < -0.3 is 33.0 Å². The number of amides is 1. The van der Waals surface area contributed by atoms with Crippen molar-refractivity contribution in [1.29, 1.82) is 0 Å². The SMILES string of the molecule is [CH2-]CN(C[CH2-])C(=O)OC(C)(C)C.[Li+].[c-]1ccc(-c2ccc(OCc3ccccc3)nc2OCc2ccccc2)cc1. The molecule has 4 rings (SSSR count). The minimum Gasteiger partial charge on any atom is -0.473 e. The van der Waals surface area contributed by atoms with Gasteiger partial charge in [0.1, 0.15) is 18.8 Å². The number of benzene rings is 3. The van der Waals surface area contributed by atoms with Crippen LogP contribution in [0.4, 0.5) is 4.79 Å². The van der Waals surface area contributed by atoms with Crippen LogP contribution in [0.1, 0.15) is 31.9 Å². The summed E-state index contributed by atoms with van der Waals surface area (Å²) in [5.41, 5.74) is 3.70. The molecule has 1 aromatic heterocycles. The first-order chi connectivity index (χ1) is 19.3. The molecule has 0 saturated heterocycles. The van der Waals surface area contributed by atoms with Crippen LogP contribution in [-0.4, -0.2) is 34.7 Å². The predicted molar refractivity (Wildman–Crippen MR) is 159 cm³/mol. The number of hydrogen-bond donors (Lipinski definition) is 0. The first-order valence-corrected chi connectivity index (χ1v) is 13.2. The first-order valence-electron chi connectivity index (χ1n) is 13.2. The van der Waals surface area contributed by atoms with Gasteiger partial charge in [0.2, 0.25) is 11.8 Å². The summed E-state index contributed by atoms with van der Waals surface area (Å²) < 4.78 is 17.0. The van der Waals surface area contributed by atoms with Crippen molar-refractivity contribution < 1.29 is 37.9 Å². The van der Waals surface area contributed by atoms with Crippen LogP contribution >= 0.6 is 0 Å². The van der Waals surface area contributed by atoms with Crippen LogP contribution in [-0.2, 0) is 18.0 Å². The summed E-state index contributed by atoms with van der Waals surface area (Å²) >= 11 is 0. The van der Waals surface area contributed by atoms with Crippen molar-refractivity contribution in [2.45, 2.75) is 39.6 Å². The number of hydrogen-bond acceptors (Lipinski definition) is 5. The Morgan fingerprint density at radius 3 is 1.85 bits per heavy atom. The van der Waals surface area contributed by atoms with E-state index >= 15 is 0 Å². The van der Waals surface area contributed by atoms with Gasteiger partial charge in [0.05, 0.1) is 0 Å². The van der Waals surface area contributed by atoms with Crippen LogP contribution in [0.5, 0.6) is 11.8 Å². The monoisotopic (exact) mass is 544 g/mol. The van der Waals surface area contributed by atoms with Gasteiger partial charge >= 0.3 is 25.0 Å². The molecule has 0 aliphatic carbocycles. The number of ether oxygens (including phenoxy) is 3. The Morgan fingerprint density at radius 2 is 1.34 bits per heavy atom. The molecule has 0 atom stereocenters. The Morgan fingerprint density at radius 1 is 0.805 bits per heavy atom. The van der Waals surface area contributed by atoms with Gasteiger partial charge in [-0.05, 0) is 38.0 Å². The Balaban J connectivity index is 0.000000387. The number of rotatable bonds is 9. The van der Waals surface area contributed by atoms with E-state index in [-0.39, 0.29) is 25.0 Å². The number of nitrogens with zero attached hydrogens (tertiary/aromatic N) is 2. The molecule has 0 bridgehead atoms. The van der Waals surface area contributed by atoms with Crippen LogP contribution in [0.3, 0.4) is 0 Å². The maximum absolute atomic E-state index is 11.2. The van der Waals surface area contributed by atoms with E-state index in [0.29, 0.717) is 38.1 Å². The Kier molecular flexibility index (Phi) is 14.0. The van der Waals surface area contributed by atoms with Crippen molar-refractivity contribution in [1.82, 2.24) is 9.88 Å². The van der Waals surface area contributed by atoms with Gasteiger partial charge in [-0.2, -0.15) is 35.3 Å². The molecule has 6 nitrogen and oxygen atoms in total. The van der Waals surface area contributed by atoms with E-state index in [0.717, 1.165) is 22.3 Å². The largest absolute Gasteiger partial charge is 1.00 e. The fraction of sp³-hybridized carbons (Fsp3) is 0.235. The molecule has 0 aliphatic heterocycles. The Labute approximate surface area is 256 Å². The zero-order valence-corrected chi connectivity index (χ0v) is 24.5. The standard InChI is InChI=1S/C25H20NO2.C9H17NO2.Li/c1-4-10-20(11-5-1)18-27-24-17-16-23(22-14-8-3-9-15-22)25(26-24)28-19-21-12-6-2-7-13-21;1-6-10(7-2)8(11)12-9(3,4)5;/h1-2,4-17H,18-19H2;1-2,6-7H2,3-5H3;/q-1;-2;+1. The zero-order chi connectivity index (χ0) is 28.8. The van der Waals surface area contributed by atoms with Gasteiger partial charge in [0, 0.05) is 11.6 Å². The van der Waals surface area contributed by atoms with E-state index in [1.165, 1.54) is 4.90 Å². The zero-order valence-electron chi connectivity index (χ0n) is 24.5. The van der Waals surface area contributed by atoms with Crippen LogP contribution < -0.4 is 28.3 Å². The predicted octanol–water partition coefficient (Wildman–Crippen LogP) is 4.60. The third kappa shape index (κ3) is 11.7. The van der Waals surface area contributed by atoms with Crippen LogP contribution in [0.25, 0.3) is 11.1 Å². The summed E-state index contributed by atoms with van der Waals surface area (Å²) in [6.45, 7) is 14.4. The first kappa shape index (κ1) is 33.5. The van der Waals surface area contributed by atoms with E-state index in [9.17, 15) is 4.79 Å². The second kappa shape index (κ2) is 17.2. The van der Waals surface area contributed by atoms with E-state index in [2.05, 4.69) is 24.9 Å². The summed E-state index contributed by atoms with van der Waals surface area (Å²) in [6, 6.07) is 34.8. The molecule has 0 unspecified atom stereocenters. The molecule has 3 aromatic carbocycles. The van der Waals surface area contributed by atoms with Gasteiger partial charge in [0.25, 0.3) is 0 Å². The van der Waals surface area contributed by atoms with Crippen molar-refractivity contribution in [3.63, 3.8) is 0 Å². The molecular formula is C34H37LiN2O4-2. The van der Waals surface area contributed by atoms with E-state index in [1.807, 2.05) is 118 Å². The number of carbonyl (C=O) groups excluding carboxylic acids is 1. The van der Waals surface area contributed by atoms with Gasteiger partial charge in [-0.1, -0.05) is 60.7 Å². The third-order valence-electron chi connectivity index (χ3n) is 5.50. The molecule has 1 heterocycles. The molecule has 41 heavy (non-hydrogen) atoms. The fourth-order valence-corrected chi connectivity index (χ4v) is 3.48. The summed E-state index contributed by atoms with van der Waals surface area (Å²) in [5, 5.41) is 0.